The summed E-state index contributed by atoms with van der Waals surface area (Å²) in [5.41, 5.74) is 2.96. The van der Waals surface area contributed by atoms with Crippen LogP contribution < -0.4 is 0 Å². The maximum Gasteiger partial charge on any atom is 0.0844 e. The molecule has 0 unspecified atom stereocenters. The van der Waals surface area contributed by atoms with Gasteiger partial charge in [-0.2, -0.15) is 0 Å². The molecule has 0 N–H and O–H groups in total. The molecule has 2 nitrogen and oxygen atoms in total. The standard InChI is InChI=1S/C12H11ClN2/c1-3-14-12-7-15-11-5-4-9(13)6-10(11)8(12)2/h3-7H,1-2H3. The molecule has 1 heterocycles. The Hall–Kier alpha value is -1.41. The van der Waals surface area contributed by atoms with Gasteiger partial charge in [0.2, 0.25) is 0 Å². The van der Waals surface area contributed by atoms with Gasteiger partial charge in [0.1, 0.15) is 0 Å². The predicted molar refractivity (Wildman–Crippen MR) is 65.3 cm³/mol. The Morgan fingerprint density at radius 3 is 2.93 bits per heavy atom. The van der Waals surface area contributed by atoms with E-state index in [-0.39, 0.29) is 0 Å². The van der Waals surface area contributed by atoms with E-state index in [0.29, 0.717) is 0 Å². The van der Waals surface area contributed by atoms with E-state index in [1.165, 1.54) is 0 Å². The average molecular weight is 219 g/mol. The van der Waals surface area contributed by atoms with Crippen molar-refractivity contribution in [1.82, 2.24) is 4.98 Å². The fourth-order valence-electron chi connectivity index (χ4n) is 1.56. The van der Waals surface area contributed by atoms with E-state index in [9.17, 15) is 0 Å². The number of nitrogens with zero attached hydrogens (tertiary/aromatic N) is 2. The summed E-state index contributed by atoms with van der Waals surface area (Å²) in [4.78, 5) is 8.58. The Morgan fingerprint density at radius 1 is 1.40 bits per heavy atom. The summed E-state index contributed by atoms with van der Waals surface area (Å²) < 4.78 is 0. The highest BCUT2D eigenvalue weighted by Crippen LogP contribution is 2.27. The van der Waals surface area contributed by atoms with Gasteiger partial charge >= 0.3 is 0 Å². The Balaban J connectivity index is 2.76. The van der Waals surface area contributed by atoms with Crippen LogP contribution in [0.25, 0.3) is 10.9 Å². The fraction of sp³-hybridized carbons (Fsp3) is 0.167. The van der Waals surface area contributed by atoms with Gasteiger partial charge in [0.25, 0.3) is 0 Å². The van der Waals surface area contributed by atoms with Gasteiger partial charge in [-0.3, -0.25) is 9.98 Å². The smallest absolute Gasteiger partial charge is 0.0844 e. The number of fused-ring (bicyclic) bond motifs is 1. The number of benzene rings is 1. The molecule has 2 aromatic rings. The van der Waals surface area contributed by atoms with E-state index in [4.69, 9.17) is 11.6 Å². The number of aromatic nitrogens is 1. The second-order valence-electron chi connectivity index (χ2n) is 3.32. The highest BCUT2D eigenvalue weighted by Gasteiger charge is 2.03. The summed E-state index contributed by atoms with van der Waals surface area (Å²) in [5, 5.41) is 1.79. The van der Waals surface area contributed by atoms with Crippen LogP contribution in [0.4, 0.5) is 5.69 Å². The van der Waals surface area contributed by atoms with Crippen molar-refractivity contribution in [3.8, 4) is 0 Å². The van der Waals surface area contributed by atoms with Crippen LogP contribution in [0.3, 0.4) is 0 Å². The third-order valence-electron chi connectivity index (χ3n) is 2.34. The van der Waals surface area contributed by atoms with Gasteiger partial charge in [-0.25, -0.2) is 0 Å². The minimum Gasteiger partial charge on any atom is -0.260 e. The average Bonchev–Trinajstić information content (AvgIpc) is 2.23. The van der Waals surface area contributed by atoms with Gasteiger partial charge in [0.05, 0.1) is 17.4 Å². The van der Waals surface area contributed by atoms with E-state index in [1.807, 2.05) is 32.0 Å². The molecule has 0 spiro atoms. The minimum atomic E-state index is 0.727. The third kappa shape index (κ3) is 1.85. The van der Waals surface area contributed by atoms with Crippen LogP contribution in [0, 0.1) is 6.92 Å². The molecule has 0 saturated carbocycles. The maximum atomic E-state index is 5.95. The molecule has 0 aliphatic heterocycles. The Kier molecular flexibility index (Phi) is 2.69. The normalized spacial score (nSPS) is 11.4. The van der Waals surface area contributed by atoms with Gasteiger partial charge < -0.3 is 0 Å². The first-order chi connectivity index (χ1) is 7.22. The molecule has 15 heavy (non-hydrogen) atoms. The van der Waals surface area contributed by atoms with Crippen molar-refractivity contribution in [1.29, 1.82) is 0 Å². The number of aryl methyl sites for hydroxylation is 1. The van der Waals surface area contributed by atoms with Crippen LogP contribution in [0.5, 0.6) is 0 Å². The number of rotatable bonds is 1. The summed E-state index contributed by atoms with van der Waals surface area (Å²) >= 11 is 5.95. The van der Waals surface area contributed by atoms with Crippen LogP contribution in [-0.4, -0.2) is 11.2 Å². The lowest BCUT2D eigenvalue weighted by Crippen LogP contribution is -1.84. The van der Waals surface area contributed by atoms with Crippen molar-refractivity contribution >= 4 is 34.4 Å². The van der Waals surface area contributed by atoms with Gasteiger partial charge in [0.15, 0.2) is 0 Å². The Bertz CT molecular complexity index is 532. The van der Waals surface area contributed by atoms with E-state index < -0.39 is 0 Å². The molecule has 1 aromatic carbocycles. The molecule has 0 fully saturated rings. The van der Waals surface area contributed by atoms with Crippen molar-refractivity contribution in [3.63, 3.8) is 0 Å². The molecule has 1 aromatic heterocycles. The van der Waals surface area contributed by atoms with Gasteiger partial charge in [-0.15, -0.1) is 0 Å². The summed E-state index contributed by atoms with van der Waals surface area (Å²) in [6, 6.07) is 5.69. The highest BCUT2D eigenvalue weighted by molar-refractivity contribution is 6.31. The summed E-state index contributed by atoms with van der Waals surface area (Å²) in [6.07, 6.45) is 3.55. The molecular formula is C12H11ClN2. The zero-order valence-electron chi connectivity index (χ0n) is 8.66. The second-order valence-corrected chi connectivity index (χ2v) is 3.75. The number of aliphatic imine (C=N–C) groups is 1. The molecule has 0 radical (unpaired) electrons. The molecule has 2 rings (SSSR count). The first-order valence-corrected chi connectivity index (χ1v) is 5.13. The molecule has 0 bridgehead atoms. The topological polar surface area (TPSA) is 25.2 Å². The second kappa shape index (κ2) is 3.99. The quantitative estimate of drug-likeness (QED) is 0.666. The van der Waals surface area contributed by atoms with Crippen LogP contribution in [0.15, 0.2) is 29.4 Å². The lowest BCUT2D eigenvalue weighted by molar-refractivity contribution is 1.33. The summed E-state index contributed by atoms with van der Waals surface area (Å²) in [7, 11) is 0. The fourth-order valence-corrected chi connectivity index (χ4v) is 1.73. The van der Waals surface area contributed by atoms with Gasteiger partial charge in [-0.1, -0.05) is 11.6 Å². The molecule has 0 atom stereocenters. The zero-order valence-corrected chi connectivity index (χ0v) is 9.42. The third-order valence-corrected chi connectivity index (χ3v) is 2.58. The number of hydrogen-bond donors (Lipinski definition) is 0. The van der Waals surface area contributed by atoms with Gasteiger partial charge in [0, 0.05) is 16.6 Å². The number of halogens is 1. The van der Waals surface area contributed by atoms with Crippen molar-refractivity contribution < 1.29 is 0 Å². The first kappa shape index (κ1) is 10.1. The molecule has 76 valence electrons. The molecule has 0 saturated heterocycles. The lowest BCUT2D eigenvalue weighted by atomic mass is 10.1. The predicted octanol–water partition coefficient (Wildman–Crippen LogP) is 3.92. The van der Waals surface area contributed by atoms with Crippen molar-refractivity contribution in [2.75, 3.05) is 0 Å². The molecule has 0 aliphatic rings. The van der Waals surface area contributed by atoms with E-state index in [1.54, 1.807) is 12.4 Å². The summed E-state index contributed by atoms with van der Waals surface area (Å²) in [5.74, 6) is 0. The van der Waals surface area contributed by atoms with Crippen molar-refractivity contribution in [3.05, 3.63) is 35.0 Å². The largest absolute Gasteiger partial charge is 0.260 e. The van der Waals surface area contributed by atoms with Crippen LogP contribution in [-0.2, 0) is 0 Å². The summed E-state index contributed by atoms with van der Waals surface area (Å²) in [6.45, 7) is 3.92. The molecule has 0 aliphatic carbocycles. The lowest BCUT2D eigenvalue weighted by Gasteiger charge is -2.04. The number of pyridine rings is 1. The zero-order chi connectivity index (χ0) is 10.8. The Morgan fingerprint density at radius 2 is 2.20 bits per heavy atom. The van der Waals surface area contributed by atoms with Crippen LogP contribution in [0.1, 0.15) is 12.5 Å². The minimum absolute atomic E-state index is 0.727. The van der Waals surface area contributed by atoms with Crippen molar-refractivity contribution in [2.45, 2.75) is 13.8 Å². The van der Waals surface area contributed by atoms with Crippen LogP contribution in [0.2, 0.25) is 5.02 Å². The maximum absolute atomic E-state index is 5.95. The van der Waals surface area contributed by atoms with E-state index in [0.717, 1.165) is 27.2 Å². The SMILES string of the molecule is CC=Nc1cnc2ccc(Cl)cc2c1C. The van der Waals surface area contributed by atoms with Gasteiger partial charge in [-0.05, 0) is 37.6 Å². The molecule has 3 heteroatoms. The van der Waals surface area contributed by atoms with E-state index >= 15 is 0 Å². The van der Waals surface area contributed by atoms with Crippen LogP contribution >= 0.6 is 11.6 Å². The molecule has 0 amide bonds. The number of hydrogen-bond acceptors (Lipinski definition) is 2. The van der Waals surface area contributed by atoms with E-state index in [2.05, 4.69) is 9.98 Å². The molecular weight excluding hydrogens is 208 g/mol. The monoisotopic (exact) mass is 218 g/mol. The Labute approximate surface area is 93.6 Å². The highest BCUT2D eigenvalue weighted by atomic mass is 35.5. The first-order valence-electron chi connectivity index (χ1n) is 4.76. The van der Waals surface area contributed by atoms with Crippen molar-refractivity contribution in [2.24, 2.45) is 4.99 Å².